The molecule has 1 fully saturated rings. The fourth-order valence-corrected chi connectivity index (χ4v) is 3.36. The van der Waals surface area contributed by atoms with Gasteiger partial charge in [-0.15, -0.1) is 6.58 Å². The van der Waals surface area contributed by atoms with E-state index in [1.165, 1.54) is 16.7 Å². The van der Waals surface area contributed by atoms with Crippen molar-refractivity contribution in [2.24, 2.45) is 0 Å². The number of fused-ring (bicyclic) bond motifs is 1. The first-order valence-corrected chi connectivity index (χ1v) is 7.67. The van der Waals surface area contributed by atoms with E-state index < -0.39 is 0 Å². The molecule has 0 aliphatic carbocycles. The lowest BCUT2D eigenvalue weighted by Crippen LogP contribution is -2.27. The molecular weight excluding hydrogens is 306 g/mol. The summed E-state index contributed by atoms with van der Waals surface area (Å²) in [5.74, 6) is 1.36. The summed E-state index contributed by atoms with van der Waals surface area (Å²) in [5.41, 5.74) is 0.887. The average molecular weight is 319 g/mol. The molecule has 0 spiro atoms. The van der Waals surface area contributed by atoms with Gasteiger partial charge in [0.15, 0.2) is 11.5 Å². The van der Waals surface area contributed by atoms with Crippen molar-refractivity contribution >= 4 is 40.3 Å². The molecule has 1 amide bonds. The Bertz CT molecular complexity index is 654. The number of nitrogens with zero attached hydrogens (tertiary/aromatic N) is 1. The summed E-state index contributed by atoms with van der Waals surface area (Å²) in [6, 6.07) is 5.62. The lowest BCUT2D eigenvalue weighted by Gasteiger charge is -2.18. The van der Waals surface area contributed by atoms with E-state index in [1.807, 2.05) is 24.3 Å². The molecule has 0 bridgehead atoms. The fourth-order valence-electron chi connectivity index (χ4n) is 2.09. The lowest BCUT2D eigenvalue weighted by atomic mass is 10.1. The van der Waals surface area contributed by atoms with Crippen LogP contribution in [0, 0.1) is 0 Å². The highest BCUT2D eigenvalue weighted by Crippen LogP contribution is 2.35. The summed E-state index contributed by atoms with van der Waals surface area (Å²) in [4.78, 5) is 14.4. The molecule has 1 aromatic carbocycles. The Hall–Kier alpha value is -1.79. The number of hydrogen-bond acceptors (Lipinski definition) is 5. The Labute approximate surface area is 132 Å². The number of ether oxygens (including phenoxy) is 2. The Morgan fingerprint density at radius 3 is 2.86 bits per heavy atom. The molecule has 6 heteroatoms. The lowest BCUT2D eigenvalue weighted by molar-refractivity contribution is -0.121. The molecule has 3 rings (SSSR count). The first kappa shape index (κ1) is 14.2. The van der Waals surface area contributed by atoms with E-state index in [0.29, 0.717) is 34.7 Å². The second-order valence-corrected chi connectivity index (χ2v) is 6.16. The molecule has 4 nitrogen and oxygen atoms in total. The van der Waals surface area contributed by atoms with E-state index in [9.17, 15) is 4.79 Å². The molecule has 0 unspecified atom stereocenters. The third-order valence-electron chi connectivity index (χ3n) is 3.05. The monoisotopic (exact) mass is 319 g/mol. The minimum absolute atomic E-state index is 0.0835. The minimum atomic E-state index is -0.0835. The van der Waals surface area contributed by atoms with Crippen molar-refractivity contribution in [1.29, 1.82) is 0 Å². The van der Waals surface area contributed by atoms with Gasteiger partial charge in [0.1, 0.15) is 17.5 Å². The first-order valence-electron chi connectivity index (χ1n) is 6.45. The maximum absolute atomic E-state index is 12.2. The SMILES string of the molecule is C=CCN1C(=O)/C(=C/c2ccc3c(c2)OCCO3)SC1=S. The van der Waals surface area contributed by atoms with Crippen LogP contribution in [0.1, 0.15) is 5.56 Å². The predicted octanol–water partition coefficient (Wildman–Crippen LogP) is 2.85. The van der Waals surface area contributed by atoms with Gasteiger partial charge >= 0.3 is 0 Å². The van der Waals surface area contributed by atoms with Crippen LogP contribution in [0.2, 0.25) is 0 Å². The van der Waals surface area contributed by atoms with E-state index in [-0.39, 0.29) is 5.91 Å². The molecule has 0 radical (unpaired) electrons. The van der Waals surface area contributed by atoms with Gasteiger partial charge in [-0.05, 0) is 23.8 Å². The van der Waals surface area contributed by atoms with Crippen molar-refractivity contribution in [1.82, 2.24) is 4.90 Å². The number of hydrogen-bond donors (Lipinski definition) is 0. The van der Waals surface area contributed by atoms with Gasteiger partial charge in [0.25, 0.3) is 5.91 Å². The molecule has 0 atom stereocenters. The summed E-state index contributed by atoms with van der Waals surface area (Å²) >= 11 is 6.51. The van der Waals surface area contributed by atoms with Gasteiger partial charge in [-0.3, -0.25) is 9.69 Å². The van der Waals surface area contributed by atoms with Gasteiger partial charge in [0, 0.05) is 6.54 Å². The van der Waals surface area contributed by atoms with Crippen molar-refractivity contribution in [3.05, 3.63) is 41.3 Å². The average Bonchev–Trinajstić information content (AvgIpc) is 2.75. The van der Waals surface area contributed by atoms with Gasteiger partial charge in [-0.1, -0.05) is 36.1 Å². The van der Waals surface area contributed by atoms with Crippen molar-refractivity contribution in [3.8, 4) is 11.5 Å². The fraction of sp³-hybridized carbons (Fsp3) is 0.200. The van der Waals surface area contributed by atoms with Crippen molar-refractivity contribution in [3.63, 3.8) is 0 Å². The molecule has 0 N–H and O–H groups in total. The molecule has 2 aliphatic rings. The number of thiocarbonyl (C=S) groups is 1. The highest BCUT2D eigenvalue weighted by atomic mass is 32.2. The second-order valence-electron chi connectivity index (χ2n) is 4.48. The summed E-state index contributed by atoms with van der Waals surface area (Å²) in [6.45, 7) is 5.17. The number of amides is 1. The van der Waals surface area contributed by atoms with Gasteiger partial charge in [0.05, 0.1) is 4.91 Å². The van der Waals surface area contributed by atoms with Crippen LogP contribution < -0.4 is 9.47 Å². The third-order valence-corrected chi connectivity index (χ3v) is 4.43. The number of carbonyl (C=O) groups is 1. The van der Waals surface area contributed by atoms with Gasteiger partial charge in [-0.2, -0.15) is 0 Å². The molecule has 108 valence electrons. The zero-order valence-electron chi connectivity index (χ0n) is 11.2. The number of rotatable bonds is 3. The van der Waals surface area contributed by atoms with Crippen LogP contribution in [0.5, 0.6) is 11.5 Å². The predicted molar refractivity (Wildman–Crippen MR) is 87.5 cm³/mol. The Kier molecular flexibility index (Phi) is 3.98. The van der Waals surface area contributed by atoms with Gasteiger partial charge in [-0.25, -0.2) is 0 Å². The molecule has 0 saturated carbocycles. The number of thioether (sulfide) groups is 1. The molecule has 2 aliphatic heterocycles. The summed E-state index contributed by atoms with van der Waals surface area (Å²) in [7, 11) is 0. The smallest absolute Gasteiger partial charge is 0.266 e. The van der Waals surface area contributed by atoms with Crippen molar-refractivity contribution < 1.29 is 14.3 Å². The quantitative estimate of drug-likeness (QED) is 0.487. The molecule has 0 aromatic heterocycles. The second kappa shape index (κ2) is 5.91. The largest absolute Gasteiger partial charge is 0.486 e. The van der Waals surface area contributed by atoms with Crippen molar-refractivity contribution in [2.75, 3.05) is 19.8 Å². The van der Waals surface area contributed by atoms with Crippen LogP contribution in [-0.4, -0.2) is 34.9 Å². The molecule has 21 heavy (non-hydrogen) atoms. The standard InChI is InChI=1S/C15H13NO3S2/c1-2-5-16-14(17)13(21-15(16)20)9-10-3-4-11-12(8-10)19-7-6-18-11/h2-4,8-9H,1,5-7H2/b13-9-. The third kappa shape index (κ3) is 2.82. The minimum Gasteiger partial charge on any atom is -0.486 e. The number of carbonyl (C=O) groups excluding carboxylic acids is 1. The maximum atomic E-state index is 12.2. The Balaban J connectivity index is 1.87. The first-order chi connectivity index (χ1) is 10.2. The maximum Gasteiger partial charge on any atom is 0.266 e. The molecule has 1 saturated heterocycles. The summed E-state index contributed by atoms with van der Waals surface area (Å²) in [5, 5.41) is 0. The van der Waals surface area contributed by atoms with Crippen LogP contribution in [0.25, 0.3) is 6.08 Å². The normalized spacial score (nSPS) is 19.2. The summed E-state index contributed by atoms with van der Waals surface area (Å²) < 4.78 is 11.6. The van der Waals surface area contributed by atoms with Crippen LogP contribution >= 0.6 is 24.0 Å². The van der Waals surface area contributed by atoms with E-state index in [1.54, 1.807) is 6.08 Å². The van der Waals surface area contributed by atoms with Crippen molar-refractivity contribution in [2.45, 2.75) is 0 Å². The summed E-state index contributed by atoms with van der Waals surface area (Å²) in [6.07, 6.45) is 3.48. The van der Waals surface area contributed by atoms with Crippen LogP contribution in [0.15, 0.2) is 35.8 Å². The van der Waals surface area contributed by atoms with Crippen LogP contribution in [0.4, 0.5) is 0 Å². The molecular formula is C15H13NO3S2. The van der Waals surface area contributed by atoms with E-state index in [0.717, 1.165) is 11.3 Å². The Morgan fingerprint density at radius 2 is 2.10 bits per heavy atom. The van der Waals surface area contributed by atoms with Crippen LogP contribution in [0.3, 0.4) is 0 Å². The van der Waals surface area contributed by atoms with Gasteiger partial charge < -0.3 is 9.47 Å². The number of benzene rings is 1. The van der Waals surface area contributed by atoms with E-state index >= 15 is 0 Å². The van der Waals surface area contributed by atoms with E-state index in [2.05, 4.69) is 6.58 Å². The highest BCUT2D eigenvalue weighted by molar-refractivity contribution is 8.26. The topological polar surface area (TPSA) is 38.8 Å². The Morgan fingerprint density at radius 1 is 1.33 bits per heavy atom. The zero-order chi connectivity index (χ0) is 14.8. The highest BCUT2D eigenvalue weighted by Gasteiger charge is 2.31. The zero-order valence-corrected chi connectivity index (χ0v) is 12.8. The van der Waals surface area contributed by atoms with E-state index in [4.69, 9.17) is 21.7 Å². The van der Waals surface area contributed by atoms with Crippen LogP contribution in [-0.2, 0) is 4.79 Å². The molecule has 2 heterocycles. The molecule has 1 aromatic rings. The van der Waals surface area contributed by atoms with Gasteiger partial charge in [0.2, 0.25) is 0 Å².